The lowest BCUT2D eigenvalue weighted by molar-refractivity contribution is -0.427. The highest BCUT2D eigenvalue weighted by molar-refractivity contribution is 5.50. The molecule has 5 nitrogen and oxygen atoms in total. The number of ether oxygens (including phenoxy) is 1. The molecule has 0 aliphatic rings. The first-order chi connectivity index (χ1) is 8.02. The number of pyridine rings is 1. The maximum Gasteiger partial charge on any atom is 0.247 e. The number of nitro groups is 1. The summed E-state index contributed by atoms with van der Waals surface area (Å²) in [5.74, 6) is 0.742. The lowest BCUT2D eigenvalue weighted by Crippen LogP contribution is -2.02. The van der Waals surface area contributed by atoms with Crippen LogP contribution >= 0.6 is 0 Å². The van der Waals surface area contributed by atoms with Crippen molar-refractivity contribution in [1.29, 1.82) is 0 Å². The van der Waals surface area contributed by atoms with E-state index >= 15 is 0 Å². The van der Waals surface area contributed by atoms with E-state index < -0.39 is 0 Å². The number of rotatable bonds is 5. The Morgan fingerprint density at radius 3 is 2.71 bits per heavy atom. The average molecular weight is 236 g/mol. The largest absolute Gasteiger partial charge is 0.481 e. The first kappa shape index (κ1) is 13.2. The Kier molecular flexibility index (Phi) is 4.63. The van der Waals surface area contributed by atoms with Crippen LogP contribution in [0.15, 0.2) is 24.0 Å². The Morgan fingerprint density at radius 1 is 1.59 bits per heavy atom. The summed E-state index contributed by atoms with van der Waals surface area (Å²) in [6.45, 7) is 3.90. The Bertz CT molecular complexity index is 410. The van der Waals surface area contributed by atoms with E-state index in [0.29, 0.717) is 17.9 Å². The van der Waals surface area contributed by atoms with Gasteiger partial charge in [-0.15, -0.1) is 0 Å². The summed E-state index contributed by atoms with van der Waals surface area (Å²) in [4.78, 5) is 14.5. The van der Waals surface area contributed by atoms with Gasteiger partial charge in [-0.2, -0.15) is 0 Å². The summed E-state index contributed by atoms with van der Waals surface area (Å²) in [7, 11) is 1.53. The molecule has 0 amide bonds. The number of aromatic nitrogens is 1. The fraction of sp³-hybridized carbons (Fsp3) is 0.417. The molecule has 0 atom stereocenters. The second-order valence-electron chi connectivity index (χ2n) is 4.12. The molecule has 0 bridgehead atoms. The molecule has 0 aromatic carbocycles. The van der Waals surface area contributed by atoms with Crippen molar-refractivity contribution in [3.05, 3.63) is 39.7 Å². The molecular weight excluding hydrogens is 220 g/mol. The summed E-state index contributed by atoms with van der Waals surface area (Å²) in [5.41, 5.74) is 0.908. The summed E-state index contributed by atoms with van der Waals surface area (Å²) in [6.07, 6.45) is 3.55. The molecular formula is C12H16N2O3. The fourth-order valence-electron chi connectivity index (χ4n) is 1.39. The van der Waals surface area contributed by atoms with Gasteiger partial charge in [0.05, 0.1) is 12.0 Å². The minimum atomic E-state index is -0.343. The van der Waals surface area contributed by atoms with E-state index in [-0.39, 0.29) is 16.5 Å². The van der Waals surface area contributed by atoms with Gasteiger partial charge in [0.25, 0.3) is 0 Å². The van der Waals surface area contributed by atoms with Crippen LogP contribution in [0, 0.1) is 16.0 Å². The van der Waals surface area contributed by atoms with Gasteiger partial charge in [0, 0.05) is 24.8 Å². The zero-order valence-corrected chi connectivity index (χ0v) is 10.2. The van der Waals surface area contributed by atoms with E-state index in [1.54, 1.807) is 24.4 Å². The minimum absolute atomic E-state index is 0.201. The van der Waals surface area contributed by atoms with Gasteiger partial charge in [0.15, 0.2) is 0 Å². The van der Waals surface area contributed by atoms with Crippen molar-refractivity contribution < 1.29 is 9.66 Å². The second-order valence-corrected chi connectivity index (χ2v) is 4.12. The average Bonchev–Trinajstić information content (AvgIpc) is 2.28. The third kappa shape index (κ3) is 4.22. The molecule has 1 rings (SSSR count). The maximum absolute atomic E-state index is 10.9. The first-order valence-corrected chi connectivity index (χ1v) is 5.38. The van der Waals surface area contributed by atoms with Gasteiger partial charge in [-0.05, 0) is 17.5 Å². The van der Waals surface area contributed by atoms with E-state index in [2.05, 4.69) is 4.98 Å². The Labute approximate surface area is 100 Å². The summed E-state index contributed by atoms with van der Waals surface area (Å²) < 4.78 is 4.92. The second kappa shape index (κ2) is 5.98. The van der Waals surface area contributed by atoms with Crippen molar-refractivity contribution in [2.75, 3.05) is 7.11 Å². The molecule has 1 aromatic rings. The Hall–Kier alpha value is -1.91. The number of nitrogens with zero attached hydrogens (tertiary/aromatic N) is 2. The van der Waals surface area contributed by atoms with Crippen LogP contribution < -0.4 is 4.74 Å². The number of hydrogen-bond donors (Lipinski definition) is 0. The van der Waals surface area contributed by atoms with Crippen LogP contribution in [-0.2, 0) is 0 Å². The molecule has 1 aromatic heterocycles. The zero-order chi connectivity index (χ0) is 12.8. The van der Waals surface area contributed by atoms with Crippen LogP contribution in [-0.4, -0.2) is 17.0 Å². The third-order valence-corrected chi connectivity index (χ3v) is 2.15. The van der Waals surface area contributed by atoms with Crippen molar-refractivity contribution >= 4 is 6.08 Å². The third-order valence-electron chi connectivity index (χ3n) is 2.15. The molecule has 17 heavy (non-hydrogen) atoms. The topological polar surface area (TPSA) is 65.3 Å². The van der Waals surface area contributed by atoms with Crippen LogP contribution in [0.3, 0.4) is 0 Å². The predicted octanol–water partition coefficient (Wildman–Crippen LogP) is 2.75. The highest BCUT2D eigenvalue weighted by atomic mass is 16.6. The molecule has 0 radical (unpaired) electrons. The number of methoxy groups -OCH3 is 1. The highest BCUT2D eigenvalue weighted by Crippen LogP contribution is 2.16. The van der Waals surface area contributed by atoms with Gasteiger partial charge in [-0.25, -0.2) is 4.98 Å². The quantitative estimate of drug-likeness (QED) is 0.582. The molecule has 0 N–H and O–H groups in total. The zero-order valence-electron chi connectivity index (χ0n) is 10.2. The van der Waals surface area contributed by atoms with Gasteiger partial charge < -0.3 is 4.74 Å². The number of hydrogen-bond acceptors (Lipinski definition) is 4. The van der Waals surface area contributed by atoms with Gasteiger partial charge in [-0.3, -0.25) is 10.1 Å². The SMILES string of the molecule is COc1ccc(/C=C(/CC(C)C)[N+](=O)[O-])cn1. The lowest BCUT2D eigenvalue weighted by Gasteiger charge is -2.02. The van der Waals surface area contributed by atoms with Crippen molar-refractivity contribution in [3.8, 4) is 5.88 Å². The van der Waals surface area contributed by atoms with Crippen molar-refractivity contribution in [2.24, 2.45) is 5.92 Å². The monoisotopic (exact) mass is 236 g/mol. The number of allylic oxidation sites excluding steroid dienone is 1. The molecule has 1 heterocycles. The summed E-state index contributed by atoms with van der Waals surface area (Å²) in [6, 6.07) is 3.43. The van der Waals surface area contributed by atoms with Crippen LogP contribution in [0.5, 0.6) is 5.88 Å². The minimum Gasteiger partial charge on any atom is -0.481 e. The Balaban J connectivity index is 2.91. The standard InChI is InChI=1S/C12H16N2O3/c1-9(2)6-11(14(15)16)7-10-4-5-12(17-3)13-8-10/h4-5,7-9H,6H2,1-3H3/b11-7-. The normalized spacial score (nSPS) is 11.6. The highest BCUT2D eigenvalue weighted by Gasteiger charge is 2.12. The molecule has 0 spiro atoms. The fourth-order valence-corrected chi connectivity index (χ4v) is 1.39. The van der Waals surface area contributed by atoms with E-state index in [1.165, 1.54) is 7.11 Å². The van der Waals surface area contributed by atoms with Gasteiger partial charge >= 0.3 is 0 Å². The van der Waals surface area contributed by atoms with E-state index in [1.807, 2.05) is 13.8 Å². The van der Waals surface area contributed by atoms with Gasteiger partial charge in [-0.1, -0.05) is 13.8 Å². The van der Waals surface area contributed by atoms with Crippen molar-refractivity contribution in [1.82, 2.24) is 4.98 Å². The van der Waals surface area contributed by atoms with Crippen LogP contribution in [0.1, 0.15) is 25.8 Å². The first-order valence-electron chi connectivity index (χ1n) is 5.38. The van der Waals surface area contributed by atoms with E-state index in [4.69, 9.17) is 4.74 Å². The molecule has 0 saturated heterocycles. The predicted molar refractivity (Wildman–Crippen MR) is 65.2 cm³/mol. The van der Waals surface area contributed by atoms with Crippen molar-refractivity contribution in [3.63, 3.8) is 0 Å². The smallest absolute Gasteiger partial charge is 0.247 e. The molecule has 0 unspecified atom stereocenters. The van der Waals surface area contributed by atoms with Gasteiger partial charge in [0.1, 0.15) is 0 Å². The molecule has 5 heteroatoms. The summed E-state index contributed by atoms with van der Waals surface area (Å²) in [5, 5.41) is 10.9. The van der Waals surface area contributed by atoms with Crippen LogP contribution in [0.4, 0.5) is 0 Å². The van der Waals surface area contributed by atoms with E-state index in [9.17, 15) is 10.1 Å². The van der Waals surface area contributed by atoms with Crippen LogP contribution in [0.2, 0.25) is 0 Å². The maximum atomic E-state index is 10.9. The van der Waals surface area contributed by atoms with Gasteiger partial charge in [0.2, 0.25) is 11.6 Å². The van der Waals surface area contributed by atoms with Crippen molar-refractivity contribution in [2.45, 2.75) is 20.3 Å². The lowest BCUT2D eigenvalue weighted by atomic mass is 10.1. The molecule has 0 aliphatic carbocycles. The summed E-state index contributed by atoms with van der Waals surface area (Å²) >= 11 is 0. The Morgan fingerprint density at radius 2 is 2.29 bits per heavy atom. The van der Waals surface area contributed by atoms with E-state index in [0.717, 1.165) is 0 Å². The molecule has 92 valence electrons. The molecule has 0 aliphatic heterocycles. The molecule has 0 fully saturated rings. The molecule has 0 saturated carbocycles. The van der Waals surface area contributed by atoms with Crippen LogP contribution in [0.25, 0.3) is 6.08 Å².